The Labute approximate surface area is 145 Å². The highest BCUT2D eigenvalue weighted by Crippen LogP contribution is 2.51. The molecule has 1 heterocycles. The van der Waals surface area contributed by atoms with Crippen molar-refractivity contribution in [3.05, 3.63) is 0 Å². The highest BCUT2D eigenvalue weighted by molar-refractivity contribution is 5.85. The van der Waals surface area contributed by atoms with Crippen molar-refractivity contribution in [1.82, 2.24) is 4.90 Å². The monoisotopic (exact) mass is 346 g/mol. The maximum Gasteiger partial charge on any atom is 0.222 e. The van der Waals surface area contributed by atoms with Crippen molar-refractivity contribution in [1.29, 1.82) is 0 Å². The molecule has 0 bridgehead atoms. The smallest absolute Gasteiger partial charge is 0.222 e. The summed E-state index contributed by atoms with van der Waals surface area (Å²) in [6, 6.07) is 0.205. The molecule has 23 heavy (non-hydrogen) atoms. The van der Waals surface area contributed by atoms with Crippen LogP contribution in [0, 0.1) is 11.3 Å². The van der Waals surface area contributed by atoms with E-state index < -0.39 is 0 Å². The lowest BCUT2D eigenvalue weighted by Gasteiger charge is -2.56. The van der Waals surface area contributed by atoms with Crippen molar-refractivity contribution in [3.8, 4) is 0 Å². The van der Waals surface area contributed by atoms with Gasteiger partial charge in [-0.1, -0.05) is 6.42 Å². The molecule has 2 saturated carbocycles. The van der Waals surface area contributed by atoms with Crippen LogP contribution in [0.5, 0.6) is 0 Å². The van der Waals surface area contributed by atoms with Crippen LogP contribution in [0.25, 0.3) is 0 Å². The van der Waals surface area contributed by atoms with Gasteiger partial charge in [-0.15, -0.1) is 12.4 Å². The summed E-state index contributed by atoms with van der Waals surface area (Å²) in [5.74, 6) is 0.618. The molecule has 1 spiro atoms. The average molecular weight is 347 g/mol. The molecule has 1 amide bonds. The number of rotatable bonds is 4. The summed E-state index contributed by atoms with van der Waals surface area (Å²) in [6.07, 6.45) is 6.30. The molecular weight excluding hydrogens is 316 g/mol. The van der Waals surface area contributed by atoms with Gasteiger partial charge in [0.15, 0.2) is 0 Å². The predicted octanol–water partition coefficient (Wildman–Crippen LogP) is 1.70. The average Bonchev–Trinajstić information content (AvgIpc) is 2.92. The van der Waals surface area contributed by atoms with Gasteiger partial charge in [0, 0.05) is 44.0 Å². The van der Waals surface area contributed by atoms with Gasteiger partial charge in [-0.3, -0.25) is 4.79 Å². The number of carbonyl (C=O) groups excluding carboxylic acids is 1. The zero-order chi connectivity index (χ0) is 15.7. The third kappa shape index (κ3) is 3.53. The van der Waals surface area contributed by atoms with Gasteiger partial charge in [-0.05, 0) is 38.5 Å². The second kappa shape index (κ2) is 7.68. The zero-order valence-corrected chi connectivity index (χ0v) is 14.9. The number of piperidine rings is 1. The first kappa shape index (κ1) is 19.0. The standard InChI is InChI=1S/C17H30N2O3.ClH/c1-2-22-15-11-14(20)17(15)6-8-19(9-7-17)16(21)10-12-4-3-5-13(12)18;/h12-15,20H,2-11,18H2,1H3;1H/t12-,13+,14?,15?;/m0./s1. The molecule has 3 rings (SSSR count). The van der Waals surface area contributed by atoms with E-state index in [4.69, 9.17) is 10.5 Å². The van der Waals surface area contributed by atoms with Crippen LogP contribution < -0.4 is 5.73 Å². The summed E-state index contributed by atoms with van der Waals surface area (Å²) in [5.41, 5.74) is 5.98. The quantitative estimate of drug-likeness (QED) is 0.812. The van der Waals surface area contributed by atoms with Gasteiger partial charge in [0.2, 0.25) is 5.91 Å². The number of hydrogen-bond acceptors (Lipinski definition) is 4. The number of aliphatic hydroxyl groups excluding tert-OH is 1. The van der Waals surface area contributed by atoms with Gasteiger partial charge in [-0.2, -0.15) is 0 Å². The summed E-state index contributed by atoms with van der Waals surface area (Å²) >= 11 is 0. The van der Waals surface area contributed by atoms with E-state index in [9.17, 15) is 9.90 Å². The van der Waals surface area contributed by atoms with Crippen LogP contribution in [-0.2, 0) is 9.53 Å². The Bertz CT molecular complexity index is 411. The van der Waals surface area contributed by atoms with Gasteiger partial charge in [0.25, 0.3) is 0 Å². The molecule has 5 nitrogen and oxygen atoms in total. The molecule has 0 aromatic rings. The third-order valence-corrected chi connectivity index (χ3v) is 6.31. The Kier molecular flexibility index (Phi) is 6.34. The Morgan fingerprint density at radius 3 is 2.57 bits per heavy atom. The van der Waals surface area contributed by atoms with Crippen LogP contribution in [0.1, 0.15) is 51.9 Å². The van der Waals surface area contributed by atoms with Crippen LogP contribution in [0.2, 0.25) is 0 Å². The molecule has 134 valence electrons. The lowest BCUT2D eigenvalue weighted by atomic mass is 9.58. The van der Waals surface area contributed by atoms with Crippen molar-refractivity contribution in [2.75, 3.05) is 19.7 Å². The number of carbonyl (C=O) groups is 1. The second-order valence-electron chi connectivity index (χ2n) is 7.37. The minimum atomic E-state index is -0.260. The molecule has 0 aromatic heterocycles. The van der Waals surface area contributed by atoms with Crippen LogP contribution in [0.4, 0.5) is 0 Å². The molecule has 2 aliphatic carbocycles. The molecular formula is C17H31ClN2O3. The number of amides is 1. The van der Waals surface area contributed by atoms with Crippen molar-refractivity contribution in [2.45, 2.75) is 70.1 Å². The Morgan fingerprint density at radius 1 is 1.35 bits per heavy atom. The Morgan fingerprint density at radius 2 is 2.04 bits per heavy atom. The molecule has 1 aliphatic heterocycles. The molecule has 3 N–H and O–H groups in total. The van der Waals surface area contributed by atoms with E-state index in [0.29, 0.717) is 18.9 Å². The number of nitrogens with two attached hydrogens (primary N) is 1. The summed E-state index contributed by atoms with van der Waals surface area (Å²) < 4.78 is 5.78. The van der Waals surface area contributed by atoms with Crippen molar-refractivity contribution >= 4 is 18.3 Å². The first-order chi connectivity index (χ1) is 10.6. The summed E-state index contributed by atoms with van der Waals surface area (Å²) in [7, 11) is 0. The van der Waals surface area contributed by atoms with Gasteiger partial charge < -0.3 is 20.5 Å². The molecule has 3 fully saturated rings. The van der Waals surface area contributed by atoms with E-state index in [0.717, 1.165) is 51.6 Å². The third-order valence-electron chi connectivity index (χ3n) is 6.31. The Hall–Kier alpha value is -0.360. The lowest BCUT2D eigenvalue weighted by molar-refractivity contribution is -0.210. The second-order valence-corrected chi connectivity index (χ2v) is 7.37. The number of halogens is 1. The van der Waals surface area contributed by atoms with Crippen molar-refractivity contribution in [2.24, 2.45) is 17.1 Å². The summed E-state index contributed by atoms with van der Waals surface area (Å²) in [6.45, 7) is 4.20. The van der Waals surface area contributed by atoms with E-state index >= 15 is 0 Å². The molecule has 1 saturated heterocycles. The first-order valence-corrected chi connectivity index (χ1v) is 8.90. The van der Waals surface area contributed by atoms with Crippen LogP contribution in [0.15, 0.2) is 0 Å². The van der Waals surface area contributed by atoms with E-state index in [2.05, 4.69) is 0 Å². The lowest BCUT2D eigenvalue weighted by Crippen LogP contribution is -2.62. The molecule has 2 unspecified atom stereocenters. The number of ether oxygens (including phenoxy) is 1. The van der Waals surface area contributed by atoms with Crippen LogP contribution >= 0.6 is 12.4 Å². The topological polar surface area (TPSA) is 75.8 Å². The number of hydrogen-bond donors (Lipinski definition) is 2. The minimum absolute atomic E-state index is 0. The van der Waals surface area contributed by atoms with Gasteiger partial charge in [0.1, 0.15) is 0 Å². The van der Waals surface area contributed by atoms with Crippen LogP contribution in [0.3, 0.4) is 0 Å². The number of aliphatic hydroxyl groups is 1. The fourth-order valence-corrected chi connectivity index (χ4v) is 4.66. The SMILES string of the molecule is CCOC1CC(O)C12CCN(C(=O)C[C@@H]1CCC[C@H]1N)CC2.Cl. The maximum atomic E-state index is 12.5. The number of nitrogens with zero attached hydrogens (tertiary/aromatic N) is 1. The van der Waals surface area contributed by atoms with Crippen LogP contribution in [-0.4, -0.2) is 53.9 Å². The minimum Gasteiger partial charge on any atom is -0.392 e. The van der Waals surface area contributed by atoms with E-state index in [1.165, 1.54) is 0 Å². The first-order valence-electron chi connectivity index (χ1n) is 8.90. The molecule has 6 heteroatoms. The zero-order valence-electron chi connectivity index (χ0n) is 14.1. The van der Waals surface area contributed by atoms with Gasteiger partial charge in [-0.25, -0.2) is 0 Å². The van der Waals surface area contributed by atoms with Gasteiger partial charge in [0.05, 0.1) is 12.2 Å². The summed E-state index contributed by atoms with van der Waals surface area (Å²) in [5, 5.41) is 10.2. The molecule has 3 aliphatic rings. The summed E-state index contributed by atoms with van der Waals surface area (Å²) in [4.78, 5) is 14.5. The molecule has 4 atom stereocenters. The normalized spacial score (nSPS) is 35.7. The fraction of sp³-hybridized carbons (Fsp3) is 0.941. The fourth-order valence-electron chi connectivity index (χ4n) is 4.66. The molecule has 0 aromatic carbocycles. The largest absolute Gasteiger partial charge is 0.392 e. The molecule has 0 radical (unpaired) electrons. The van der Waals surface area contributed by atoms with Crippen molar-refractivity contribution in [3.63, 3.8) is 0 Å². The van der Waals surface area contributed by atoms with E-state index in [1.807, 2.05) is 11.8 Å². The van der Waals surface area contributed by atoms with E-state index in [1.54, 1.807) is 0 Å². The van der Waals surface area contributed by atoms with Gasteiger partial charge >= 0.3 is 0 Å². The highest BCUT2D eigenvalue weighted by atomic mass is 35.5. The van der Waals surface area contributed by atoms with E-state index in [-0.39, 0.29) is 42.0 Å². The Balaban J connectivity index is 0.00000192. The maximum absolute atomic E-state index is 12.5. The number of likely N-dealkylation sites (tertiary alicyclic amines) is 1. The predicted molar refractivity (Wildman–Crippen MR) is 91.5 cm³/mol. The highest BCUT2D eigenvalue weighted by Gasteiger charge is 2.56. The van der Waals surface area contributed by atoms with Crippen molar-refractivity contribution < 1.29 is 14.6 Å².